The van der Waals surface area contributed by atoms with Crippen molar-refractivity contribution >= 4 is 0 Å². The van der Waals surface area contributed by atoms with Crippen molar-refractivity contribution in [2.45, 2.75) is 12.5 Å². The summed E-state index contributed by atoms with van der Waals surface area (Å²) in [5.74, 6) is 0. The van der Waals surface area contributed by atoms with E-state index in [0.29, 0.717) is 0 Å². The van der Waals surface area contributed by atoms with E-state index < -0.39 is 0 Å². The van der Waals surface area contributed by atoms with Crippen molar-refractivity contribution in [1.82, 2.24) is 10.2 Å². The number of rotatable bonds is 0. The van der Waals surface area contributed by atoms with Gasteiger partial charge < -0.3 is 10.2 Å². The maximum absolute atomic E-state index is 3.34. The summed E-state index contributed by atoms with van der Waals surface area (Å²) < 4.78 is 0. The van der Waals surface area contributed by atoms with Crippen molar-refractivity contribution in [1.29, 1.82) is 0 Å². The van der Waals surface area contributed by atoms with Crippen LogP contribution < -0.4 is 5.32 Å². The molecule has 2 unspecified atom stereocenters. The van der Waals surface area contributed by atoms with Gasteiger partial charge in [-0.15, -0.1) is 0 Å². The molecule has 2 bridgehead atoms. The molecule has 2 fully saturated rings. The number of hydrogen-bond acceptors (Lipinski definition) is 2. The van der Waals surface area contributed by atoms with Crippen LogP contribution in [-0.2, 0) is 0 Å². The molecule has 2 atom stereocenters. The Morgan fingerprint density at radius 2 is 2.62 bits per heavy atom. The monoisotopic (exact) mass is 111 g/mol. The van der Waals surface area contributed by atoms with E-state index in [2.05, 4.69) is 16.8 Å². The second-order valence-corrected chi connectivity index (χ2v) is 2.62. The summed E-state index contributed by atoms with van der Waals surface area (Å²) in [6.07, 6.45) is 1.34. The van der Waals surface area contributed by atoms with E-state index in [4.69, 9.17) is 0 Å². The zero-order chi connectivity index (χ0) is 5.40. The molecule has 0 spiro atoms. The Kier molecular flexibility index (Phi) is 1.02. The van der Waals surface area contributed by atoms with Crippen LogP contribution in [0.3, 0.4) is 0 Å². The van der Waals surface area contributed by atoms with E-state index in [0.717, 1.165) is 12.6 Å². The maximum atomic E-state index is 3.34. The summed E-state index contributed by atoms with van der Waals surface area (Å²) in [6, 6.07) is 0.781. The molecule has 2 aliphatic heterocycles. The van der Waals surface area contributed by atoms with Crippen LogP contribution in [0.5, 0.6) is 0 Å². The van der Waals surface area contributed by atoms with Crippen molar-refractivity contribution in [2.24, 2.45) is 0 Å². The fourth-order valence-corrected chi connectivity index (χ4v) is 1.48. The SMILES string of the molecule is [CH]1CN2CCC(C2)N1. The largest absolute Gasteiger partial charge is 0.307 e. The first-order valence-corrected chi connectivity index (χ1v) is 3.25. The van der Waals surface area contributed by atoms with E-state index in [1.807, 2.05) is 0 Å². The first kappa shape index (κ1) is 4.77. The molecule has 45 valence electrons. The molecule has 0 aromatic rings. The Hall–Kier alpha value is -0.0800. The third-order valence-electron chi connectivity index (χ3n) is 1.98. The van der Waals surface area contributed by atoms with Gasteiger partial charge in [-0.1, -0.05) is 0 Å². The molecule has 2 rings (SSSR count). The quantitative estimate of drug-likeness (QED) is 0.466. The summed E-state index contributed by atoms with van der Waals surface area (Å²) in [7, 11) is 0. The zero-order valence-electron chi connectivity index (χ0n) is 4.93. The molecule has 2 saturated heterocycles. The van der Waals surface area contributed by atoms with Gasteiger partial charge in [0.1, 0.15) is 0 Å². The van der Waals surface area contributed by atoms with Gasteiger partial charge in [0.25, 0.3) is 0 Å². The number of fused-ring (bicyclic) bond motifs is 2. The number of hydrogen-bond donors (Lipinski definition) is 1. The lowest BCUT2D eigenvalue weighted by molar-refractivity contribution is 0.317. The van der Waals surface area contributed by atoms with Crippen LogP contribution in [0, 0.1) is 6.54 Å². The summed E-state index contributed by atoms with van der Waals surface area (Å²) in [5.41, 5.74) is 0. The van der Waals surface area contributed by atoms with Crippen LogP contribution in [-0.4, -0.2) is 30.6 Å². The standard InChI is InChI=1S/C6H11N2/c1-3-8-4-2-7-6(1)5-8/h2,6-7H,1,3-5H2. The van der Waals surface area contributed by atoms with Crippen molar-refractivity contribution in [2.75, 3.05) is 19.6 Å². The van der Waals surface area contributed by atoms with Crippen LogP contribution in [0.2, 0.25) is 0 Å². The highest BCUT2D eigenvalue weighted by molar-refractivity contribution is 4.90. The third kappa shape index (κ3) is 0.644. The van der Waals surface area contributed by atoms with Crippen LogP contribution in [0.25, 0.3) is 0 Å². The molecule has 0 amide bonds. The van der Waals surface area contributed by atoms with Gasteiger partial charge in [-0.3, -0.25) is 0 Å². The molecule has 2 aliphatic rings. The van der Waals surface area contributed by atoms with Gasteiger partial charge in [0.2, 0.25) is 0 Å². The molecule has 0 saturated carbocycles. The maximum Gasteiger partial charge on any atom is 0.0364 e. The lowest BCUT2D eigenvalue weighted by atomic mass is 10.2. The molecule has 2 nitrogen and oxygen atoms in total. The molecule has 2 heteroatoms. The van der Waals surface area contributed by atoms with Crippen LogP contribution >= 0.6 is 0 Å². The van der Waals surface area contributed by atoms with Gasteiger partial charge in [-0.25, -0.2) is 0 Å². The minimum Gasteiger partial charge on any atom is -0.307 e. The molecule has 0 aromatic carbocycles. The van der Waals surface area contributed by atoms with Gasteiger partial charge in [0.05, 0.1) is 0 Å². The van der Waals surface area contributed by atoms with Crippen LogP contribution in [0.1, 0.15) is 6.42 Å². The molecule has 8 heavy (non-hydrogen) atoms. The van der Waals surface area contributed by atoms with Crippen molar-refractivity contribution in [3.8, 4) is 0 Å². The summed E-state index contributed by atoms with van der Waals surface area (Å²) >= 11 is 0. The fraction of sp³-hybridized carbons (Fsp3) is 0.833. The summed E-state index contributed by atoms with van der Waals surface area (Å²) in [6.45, 7) is 5.89. The second-order valence-electron chi connectivity index (χ2n) is 2.62. The molecule has 0 aromatic heterocycles. The van der Waals surface area contributed by atoms with Gasteiger partial charge in [0, 0.05) is 25.7 Å². The van der Waals surface area contributed by atoms with E-state index in [9.17, 15) is 0 Å². The smallest absolute Gasteiger partial charge is 0.0364 e. The summed E-state index contributed by atoms with van der Waals surface area (Å²) in [4.78, 5) is 2.47. The second kappa shape index (κ2) is 1.71. The van der Waals surface area contributed by atoms with Gasteiger partial charge in [-0.2, -0.15) is 0 Å². The van der Waals surface area contributed by atoms with Crippen molar-refractivity contribution in [3.63, 3.8) is 0 Å². The first-order chi connectivity index (χ1) is 3.95. The molecule has 0 aliphatic carbocycles. The number of piperazine rings is 1. The normalized spacial score (nSPS) is 45.0. The topological polar surface area (TPSA) is 15.3 Å². The van der Waals surface area contributed by atoms with Crippen molar-refractivity contribution in [3.05, 3.63) is 6.54 Å². The average molecular weight is 111 g/mol. The van der Waals surface area contributed by atoms with Gasteiger partial charge in [0.15, 0.2) is 0 Å². The highest BCUT2D eigenvalue weighted by Crippen LogP contribution is 2.12. The zero-order valence-corrected chi connectivity index (χ0v) is 4.93. The average Bonchev–Trinajstić information content (AvgIpc) is 2.12. The Labute approximate surface area is 49.9 Å². The Bertz CT molecular complexity index is 78.5. The first-order valence-electron chi connectivity index (χ1n) is 3.25. The molecular weight excluding hydrogens is 100 g/mol. The third-order valence-corrected chi connectivity index (χ3v) is 1.98. The Morgan fingerprint density at radius 1 is 1.62 bits per heavy atom. The van der Waals surface area contributed by atoms with Crippen LogP contribution in [0.15, 0.2) is 0 Å². The lowest BCUT2D eigenvalue weighted by Gasteiger charge is -2.21. The number of nitrogens with one attached hydrogen (secondary N) is 1. The van der Waals surface area contributed by atoms with E-state index in [-0.39, 0.29) is 0 Å². The fourth-order valence-electron chi connectivity index (χ4n) is 1.48. The Morgan fingerprint density at radius 3 is 3.38 bits per heavy atom. The molecule has 1 radical (unpaired) electrons. The predicted molar refractivity (Wildman–Crippen MR) is 32.3 cm³/mol. The van der Waals surface area contributed by atoms with Gasteiger partial charge >= 0.3 is 0 Å². The van der Waals surface area contributed by atoms with Crippen molar-refractivity contribution < 1.29 is 0 Å². The predicted octanol–water partition coefficient (Wildman–Crippen LogP) is -0.174. The van der Waals surface area contributed by atoms with Crippen LogP contribution in [0.4, 0.5) is 0 Å². The van der Waals surface area contributed by atoms with E-state index in [1.165, 1.54) is 19.5 Å². The summed E-state index contributed by atoms with van der Waals surface area (Å²) in [5, 5.41) is 3.34. The highest BCUT2D eigenvalue weighted by Gasteiger charge is 2.25. The molecular formula is C6H11N2. The Balaban J connectivity index is 2.03. The highest BCUT2D eigenvalue weighted by atomic mass is 15.2. The minimum atomic E-state index is 0.781. The van der Waals surface area contributed by atoms with E-state index >= 15 is 0 Å². The minimum absolute atomic E-state index is 0.781. The number of nitrogens with zero attached hydrogens (tertiary/aromatic N) is 1. The van der Waals surface area contributed by atoms with Gasteiger partial charge in [-0.05, 0) is 13.0 Å². The lowest BCUT2D eigenvalue weighted by Crippen LogP contribution is -2.39. The van der Waals surface area contributed by atoms with E-state index in [1.54, 1.807) is 0 Å². The molecule has 1 N–H and O–H groups in total. The molecule has 2 heterocycles.